The summed E-state index contributed by atoms with van der Waals surface area (Å²) in [4.78, 5) is 14.3. The number of carbonyl (C=O) groups is 1. The van der Waals surface area contributed by atoms with Crippen LogP contribution in [0.1, 0.15) is 42.1 Å². The van der Waals surface area contributed by atoms with Gasteiger partial charge in [0.2, 0.25) is 0 Å². The van der Waals surface area contributed by atoms with Crippen LogP contribution in [0.4, 0.5) is 0 Å². The van der Waals surface area contributed by atoms with Gasteiger partial charge in [0.25, 0.3) is 5.91 Å². The molecule has 0 spiro atoms. The van der Waals surface area contributed by atoms with E-state index in [2.05, 4.69) is 25.1 Å². The molecular formula is C21H25NO. The summed E-state index contributed by atoms with van der Waals surface area (Å²) in [7, 11) is 1.87. The molecule has 0 saturated carbocycles. The molecule has 2 rings (SSSR count). The molecule has 120 valence electrons. The van der Waals surface area contributed by atoms with Gasteiger partial charge < -0.3 is 4.90 Å². The summed E-state index contributed by atoms with van der Waals surface area (Å²) in [5.74, 6) is 0.0583. The number of allylic oxidation sites excluding steroid dienone is 1. The van der Waals surface area contributed by atoms with Crippen molar-refractivity contribution in [2.45, 2.75) is 26.2 Å². The van der Waals surface area contributed by atoms with E-state index in [9.17, 15) is 4.79 Å². The molecule has 2 aromatic carbocycles. The smallest absolute Gasteiger partial charge is 0.253 e. The maximum absolute atomic E-state index is 12.5. The number of rotatable bonds is 7. The van der Waals surface area contributed by atoms with Gasteiger partial charge >= 0.3 is 0 Å². The van der Waals surface area contributed by atoms with Gasteiger partial charge in [0.15, 0.2) is 0 Å². The van der Waals surface area contributed by atoms with Gasteiger partial charge in [-0.3, -0.25) is 4.79 Å². The predicted molar refractivity (Wildman–Crippen MR) is 97.3 cm³/mol. The first kappa shape index (κ1) is 17.0. The number of hydrogen-bond acceptors (Lipinski definition) is 1. The van der Waals surface area contributed by atoms with Crippen molar-refractivity contribution in [1.29, 1.82) is 0 Å². The van der Waals surface area contributed by atoms with Crippen LogP contribution in [0.2, 0.25) is 0 Å². The van der Waals surface area contributed by atoms with Crippen molar-refractivity contribution >= 4 is 11.5 Å². The summed E-state index contributed by atoms with van der Waals surface area (Å²) < 4.78 is 0. The van der Waals surface area contributed by atoms with E-state index in [0.717, 1.165) is 12.0 Å². The summed E-state index contributed by atoms with van der Waals surface area (Å²) in [6.07, 6.45) is 5.67. The molecule has 0 heterocycles. The number of hydrogen-bond donors (Lipinski definition) is 0. The first-order valence-electron chi connectivity index (χ1n) is 8.27. The standard InChI is InChI=1S/C21H25NO/c1-3-4-7-16-20(18-12-8-5-9-13-18)17-22(2)21(23)19-14-10-6-11-15-19/h5-6,8-16H,3-4,7,17H2,1-2H3/b20-16-. The molecular weight excluding hydrogens is 282 g/mol. The fourth-order valence-electron chi connectivity index (χ4n) is 2.53. The summed E-state index contributed by atoms with van der Waals surface area (Å²) in [5, 5.41) is 0. The lowest BCUT2D eigenvalue weighted by atomic mass is 10.0. The Balaban J connectivity index is 2.14. The molecule has 0 aliphatic heterocycles. The lowest BCUT2D eigenvalue weighted by Gasteiger charge is -2.20. The Morgan fingerprint density at radius 3 is 2.09 bits per heavy atom. The van der Waals surface area contributed by atoms with Crippen molar-refractivity contribution in [1.82, 2.24) is 4.90 Å². The maximum atomic E-state index is 12.5. The topological polar surface area (TPSA) is 20.3 Å². The number of likely N-dealkylation sites (N-methyl/N-ethyl adjacent to an activating group) is 1. The molecule has 0 aromatic heterocycles. The molecule has 0 atom stereocenters. The molecule has 23 heavy (non-hydrogen) atoms. The zero-order valence-corrected chi connectivity index (χ0v) is 14.0. The Morgan fingerprint density at radius 1 is 0.957 bits per heavy atom. The molecule has 0 saturated heterocycles. The van der Waals surface area contributed by atoms with Gasteiger partial charge in [0.1, 0.15) is 0 Å². The molecule has 1 amide bonds. The number of nitrogens with zero attached hydrogens (tertiary/aromatic N) is 1. The highest BCUT2D eigenvalue weighted by molar-refractivity contribution is 5.94. The van der Waals surface area contributed by atoms with E-state index in [4.69, 9.17) is 0 Å². The zero-order chi connectivity index (χ0) is 16.5. The van der Waals surface area contributed by atoms with Crippen molar-refractivity contribution in [3.05, 3.63) is 77.9 Å². The Morgan fingerprint density at radius 2 is 1.52 bits per heavy atom. The number of unbranched alkanes of at least 4 members (excludes halogenated alkanes) is 2. The van der Waals surface area contributed by atoms with E-state index in [1.54, 1.807) is 4.90 Å². The average Bonchev–Trinajstić information content (AvgIpc) is 2.61. The zero-order valence-electron chi connectivity index (χ0n) is 14.0. The molecule has 0 bridgehead atoms. The minimum atomic E-state index is 0.0583. The van der Waals surface area contributed by atoms with Crippen LogP contribution in [0.25, 0.3) is 5.57 Å². The minimum Gasteiger partial charge on any atom is -0.337 e. The van der Waals surface area contributed by atoms with Crippen LogP contribution >= 0.6 is 0 Å². The summed E-state index contributed by atoms with van der Waals surface area (Å²) in [6.45, 7) is 2.82. The summed E-state index contributed by atoms with van der Waals surface area (Å²) in [6, 6.07) is 19.8. The van der Waals surface area contributed by atoms with Crippen molar-refractivity contribution in [3.8, 4) is 0 Å². The predicted octanol–water partition coefficient (Wildman–Crippen LogP) is 5.03. The Kier molecular flexibility index (Phi) is 6.61. The van der Waals surface area contributed by atoms with Gasteiger partial charge in [-0.1, -0.05) is 74.4 Å². The molecule has 0 aliphatic rings. The fourth-order valence-corrected chi connectivity index (χ4v) is 2.53. The molecule has 0 fully saturated rings. The van der Waals surface area contributed by atoms with E-state index >= 15 is 0 Å². The van der Waals surface area contributed by atoms with Gasteiger partial charge in [-0.2, -0.15) is 0 Å². The molecule has 0 radical (unpaired) electrons. The highest BCUT2D eigenvalue weighted by Gasteiger charge is 2.13. The van der Waals surface area contributed by atoms with Crippen molar-refractivity contribution in [3.63, 3.8) is 0 Å². The Bertz CT molecular complexity index is 631. The molecule has 2 nitrogen and oxygen atoms in total. The van der Waals surface area contributed by atoms with E-state index in [-0.39, 0.29) is 5.91 Å². The van der Waals surface area contributed by atoms with Crippen molar-refractivity contribution < 1.29 is 4.79 Å². The Labute approximate surface area is 139 Å². The fraction of sp³-hybridized carbons (Fsp3) is 0.286. The largest absolute Gasteiger partial charge is 0.337 e. The van der Waals surface area contributed by atoms with E-state index in [1.165, 1.54) is 24.0 Å². The highest BCUT2D eigenvalue weighted by Crippen LogP contribution is 2.18. The van der Waals surface area contributed by atoms with Crippen molar-refractivity contribution in [2.24, 2.45) is 0 Å². The van der Waals surface area contributed by atoms with Crippen LogP contribution in [-0.4, -0.2) is 24.4 Å². The van der Waals surface area contributed by atoms with Gasteiger partial charge in [0, 0.05) is 19.2 Å². The number of carbonyl (C=O) groups excluding carboxylic acids is 1. The average molecular weight is 307 g/mol. The second-order valence-corrected chi connectivity index (χ2v) is 5.76. The number of benzene rings is 2. The van der Waals surface area contributed by atoms with Gasteiger partial charge in [0.05, 0.1) is 0 Å². The summed E-state index contributed by atoms with van der Waals surface area (Å²) in [5.41, 5.74) is 3.14. The molecule has 0 unspecified atom stereocenters. The van der Waals surface area contributed by atoms with E-state index < -0.39 is 0 Å². The third kappa shape index (κ3) is 5.10. The third-order valence-electron chi connectivity index (χ3n) is 3.87. The van der Waals surface area contributed by atoms with E-state index in [0.29, 0.717) is 6.54 Å². The quantitative estimate of drug-likeness (QED) is 0.657. The maximum Gasteiger partial charge on any atom is 0.253 e. The van der Waals surface area contributed by atoms with Crippen LogP contribution in [0.3, 0.4) is 0 Å². The van der Waals surface area contributed by atoms with Crippen molar-refractivity contribution in [2.75, 3.05) is 13.6 Å². The highest BCUT2D eigenvalue weighted by atomic mass is 16.2. The molecule has 0 aliphatic carbocycles. The van der Waals surface area contributed by atoms with Crippen LogP contribution in [-0.2, 0) is 0 Å². The Hall–Kier alpha value is -2.35. The van der Waals surface area contributed by atoms with Gasteiger partial charge in [-0.15, -0.1) is 0 Å². The van der Waals surface area contributed by atoms with Gasteiger partial charge in [-0.05, 0) is 29.7 Å². The first-order valence-corrected chi connectivity index (χ1v) is 8.27. The first-order chi connectivity index (χ1) is 11.2. The molecule has 0 N–H and O–H groups in total. The van der Waals surface area contributed by atoms with Crippen LogP contribution < -0.4 is 0 Å². The number of amides is 1. The lowest BCUT2D eigenvalue weighted by molar-refractivity contribution is 0.0812. The van der Waals surface area contributed by atoms with E-state index in [1.807, 2.05) is 55.6 Å². The second-order valence-electron chi connectivity index (χ2n) is 5.76. The summed E-state index contributed by atoms with van der Waals surface area (Å²) >= 11 is 0. The van der Waals surface area contributed by atoms with Crippen LogP contribution in [0, 0.1) is 0 Å². The molecule has 2 heteroatoms. The minimum absolute atomic E-state index is 0.0583. The third-order valence-corrected chi connectivity index (χ3v) is 3.87. The monoisotopic (exact) mass is 307 g/mol. The second kappa shape index (κ2) is 8.94. The molecule has 2 aromatic rings. The van der Waals surface area contributed by atoms with Crippen LogP contribution in [0.15, 0.2) is 66.7 Å². The van der Waals surface area contributed by atoms with Crippen LogP contribution in [0.5, 0.6) is 0 Å². The SMILES string of the molecule is CCCC/C=C(/CN(C)C(=O)c1ccccc1)c1ccccc1. The van der Waals surface area contributed by atoms with Gasteiger partial charge in [-0.25, -0.2) is 0 Å². The normalized spacial score (nSPS) is 11.3. The lowest BCUT2D eigenvalue weighted by Crippen LogP contribution is -2.28.